The number of nitrogens with zero attached hydrogens (tertiary/aromatic N) is 2. The molecule has 2 aromatic rings. The van der Waals surface area contributed by atoms with Crippen LogP contribution in [0.15, 0.2) is 35.2 Å². The van der Waals surface area contributed by atoms with Crippen LogP contribution in [0.25, 0.3) is 0 Å². The summed E-state index contributed by atoms with van der Waals surface area (Å²) < 4.78 is 7.26. The van der Waals surface area contributed by atoms with Crippen molar-refractivity contribution in [3.63, 3.8) is 0 Å². The maximum atomic E-state index is 5.24. The second-order valence-electron chi connectivity index (χ2n) is 3.58. The highest BCUT2D eigenvalue weighted by atomic mass is 16.3. The maximum absolute atomic E-state index is 5.24. The van der Waals surface area contributed by atoms with Crippen molar-refractivity contribution >= 4 is 0 Å². The molecule has 15 heavy (non-hydrogen) atoms. The molecule has 2 rings (SSSR count). The van der Waals surface area contributed by atoms with E-state index in [1.54, 1.807) is 12.5 Å². The summed E-state index contributed by atoms with van der Waals surface area (Å²) in [5, 5.41) is 3.35. The predicted octanol–water partition coefficient (Wildman–Crippen LogP) is 1.86. The van der Waals surface area contributed by atoms with Gasteiger partial charge in [-0.05, 0) is 19.1 Å². The Labute approximate surface area is 88.9 Å². The lowest BCUT2D eigenvalue weighted by Gasteiger charge is -2.12. The van der Waals surface area contributed by atoms with Gasteiger partial charge in [-0.2, -0.15) is 0 Å². The first-order valence-corrected chi connectivity index (χ1v) is 5.00. The molecule has 0 saturated heterocycles. The van der Waals surface area contributed by atoms with E-state index in [-0.39, 0.29) is 6.04 Å². The van der Waals surface area contributed by atoms with E-state index in [9.17, 15) is 0 Å². The van der Waals surface area contributed by atoms with Crippen LogP contribution < -0.4 is 5.32 Å². The van der Waals surface area contributed by atoms with Crippen LogP contribution in [0.4, 0.5) is 0 Å². The van der Waals surface area contributed by atoms with Gasteiger partial charge in [0.05, 0.1) is 18.8 Å². The molecule has 4 heteroatoms. The Balaban J connectivity index is 1.93. The van der Waals surface area contributed by atoms with Gasteiger partial charge in [-0.3, -0.25) is 0 Å². The molecule has 0 aliphatic rings. The number of nitrogens with one attached hydrogen (secondary N) is 1. The van der Waals surface area contributed by atoms with E-state index < -0.39 is 0 Å². The lowest BCUT2D eigenvalue weighted by molar-refractivity contribution is 0.449. The number of rotatable bonds is 4. The van der Waals surface area contributed by atoms with Gasteiger partial charge in [0.2, 0.25) is 0 Å². The first-order valence-electron chi connectivity index (χ1n) is 5.00. The zero-order valence-corrected chi connectivity index (χ0v) is 8.97. The molecule has 80 valence electrons. The van der Waals surface area contributed by atoms with Crippen LogP contribution in [0.1, 0.15) is 24.6 Å². The van der Waals surface area contributed by atoms with Crippen LogP contribution in [0, 0.1) is 0 Å². The Hall–Kier alpha value is -1.55. The topological polar surface area (TPSA) is 43.0 Å². The molecule has 0 spiro atoms. The van der Waals surface area contributed by atoms with Gasteiger partial charge in [-0.25, -0.2) is 4.98 Å². The molecule has 0 radical (unpaired) electrons. The predicted molar refractivity (Wildman–Crippen MR) is 57.2 cm³/mol. The van der Waals surface area contributed by atoms with Crippen LogP contribution in [0.2, 0.25) is 0 Å². The zero-order chi connectivity index (χ0) is 10.7. The third kappa shape index (κ3) is 2.27. The van der Waals surface area contributed by atoms with Crippen molar-refractivity contribution in [1.82, 2.24) is 14.9 Å². The molecule has 4 nitrogen and oxygen atoms in total. The second-order valence-corrected chi connectivity index (χ2v) is 3.58. The molecule has 0 amide bonds. The van der Waals surface area contributed by atoms with E-state index >= 15 is 0 Å². The normalized spacial score (nSPS) is 12.9. The largest absolute Gasteiger partial charge is 0.468 e. The SMILES string of the molecule is CC(NCc1ccco1)c1nccn1C. The fourth-order valence-electron chi connectivity index (χ4n) is 1.55. The van der Waals surface area contributed by atoms with Gasteiger partial charge in [0.1, 0.15) is 11.6 Å². The van der Waals surface area contributed by atoms with E-state index in [0.717, 1.165) is 18.1 Å². The Morgan fingerprint density at radius 1 is 1.60 bits per heavy atom. The summed E-state index contributed by atoms with van der Waals surface area (Å²) in [7, 11) is 1.99. The van der Waals surface area contributed by atoms with Crippen LogP contribution in [0.5, 0.6) is 0 Å². The second kappa shape index (κ2) is 4.31. The standard InChI is InChI=1S/C11H15N3O/c1-9(11-12-5-6-14(11)2)13-8-10-4-3-7-15-10/h3-7,9,13H,8H2,1-2H3. The zero-order valence-electron chi connectivity index (χ0n) is 8.97. The number of furan rings is 1. The molecule has 2 heterocycles. The molecule has 0 saturated carbocycles. The Morgan fingerprint density at radius 3 is 3.07 bits per heavy atom. The lowest BCUT2D eigenvalue weighted by atomic mass is 10.3. The third-order valence-electron chi connectivity index (χ3n) is 2.41. The summed E-state index contributed by atoms with van der Waals surface area (Å²) in [5.74, 6) is 1.97. The smallest absolute Gasteiger partial charge is 0.125 e. The molecule has 2 aromatic heterocycles. The molecule has 0 aromatic carbocycles. The number of hydrogen-bond donors (Lipinski definition) is 1. The molecule has 1 atom stereocenters. The van der Waals surface area contributed by atoms with E-state index in [0.29, 0.717) is 0 Å². The lowest BCUT2D eigenvalue weighted by Crippen LogP contribution is -2.20. The molecular weight excluding hydrogens is 190 g/mol. The van der Waals surface area contributed by atoms with Crippen molar-refractivity contribution in [2.75, 3.05) is 0 Å². The van der Waals surface area contributed by atoms with Crippen LogP contribution in [-0.4, -0.2) is 9.55 Å². The first kappa shape index (κ1) is 9.98. The summed E-state index contributed by atoms with van der Waals surface area (Å²) in [6.45, 7) is 2.81. The summed E-state index contributed by atoms with van der Waals surface area (Å²) in [5.41, 5.74) is 0. The molecule has 1 N–H and O–H groups in total. The van der Waals surface area contributed by atoms with Crippen molar-refractivity contribution in [3.05, 3.63) is 42.4 Å². The average Bonchev–Trinajstić information content (AvgIpc) is 2.84. The van der Waals surface area contributed by atoms with Gasteiger partial charge in [0.15, 0.2) is 0 Å². The van der Waals surface area contributed by atoms with Crippen LogP contribution in [0.3, 0.4) is 0 Å². The third-order valence-corrected chi connectivity index (χ3v) is 2.41. The molecule has 0 bridgehead atoms. The van der Waals surface area contributed by atoms with Gasteiger partial charge >= 0.3 is 0 Å². The maximum Gasteiger partial charge on any atom is 0.125 e. The van der Waals surface area contributed by atoms with Gasteiger partial charge in [-0.1, -0.05) is 0 Å². The summed E-state index contributed by atoms with van der Waals surface area (Å²) in [6.07, 6.45) is 5.43. The van der Waals surface area contributed by atoms with Gasteiger partial charge < -0.3 is 14.3 Å². The van der Waals surface area contributed by atoms with Crippen molar-refractivity contribution in [2.24, 2.45) is 7.05 Å². The molecule has 0 fully saturated rings. The quantitative estimate of drug-likeness (QED) is 0.828. The fraction of sp³-hybridized carbons (Fsp3) is 0.364. The highest BCUT2D eigenvalue weighted by Crippen LogP contribution is 2.09. The van der Waals surface area contributed by atoms with Crippen molar-refractivity contribution in [1.29, 1.82) is 0 Å². The van der Waals surface area contributed by atoms with E-state index in [1.807, 2.05) is 29.9 Å². The summed E-state index contributed by atoms with van der Waals surface area (Å²) in [4.78, 5) is 4.29. The molecular formula is C11H15N3O. The average molecular weight is 205 g/mol. The minimum absolute atomic E-state index is 0.218. The molecule has 0 aliphatic carbocycles. The van der Waals surface area contributed by atoms with Crippen LogP contribution >= 0.6 is 0 Å². The summed E-state index contributed by atoms with van der Waals surface area (Å²) >= 11 is 0. The van der Waals surface area contributed by atoms with E-state index in [4.69, 9.17) is 4.42 Å². The first-order chi connectivity index (χ1) is 7.27. The monoisotopic (exact) mass is 205 g/mol. The van der Waals surface area contributed by atoms with Crippen molar-refractivity contribution < 1.29 is 4.42 Å². The minimum Gasteiger partial charge on any atom is -0.468 e. The minimum atomic E-state index is 0.218. The number of aromatic nitrogens is 2. The number of hydrogen-bond acceptors (Lipinski definition) is 3. The van der Waals surface area contributed by atoms with Gasteiger partial charge in [0, 0.05) is 19.4 Å². The fourth-order valence-corrected chi connectivity index (χ4v) is 1.55. The molecule has 1 unspecified atom stereocenters. The highest BCUT2D eigenvalue weighted by molar-refractivity contribution is 5.01. The van der Waals surface area contributed by atoms with Crippen molar-refractivity contribution in [2.45, 2.75) is 19.5 Å². The highest BCUT2D eigenvalue weighted by Gasteiger charge is 2.09. The van der Waals surface area contributed by atoms with E-state index in [1.165, 1.54) is 0 Å². The molecule has 0 aliphatic heterocycles. The van der Waals surface area contributed by atoms with Gasteiger partial charge in [-0.15, -0.1) is 0 Å². The van der Waals surface area contributed by atoms with Crippen molar-refractivity contribution in [3.8, 4) is 0 Å². The Kier molecular flexibility index (Phi) is 2.87. The number of aryl methyl sites for hydroxylation is 1. The van der Waals surface area contributed by atoms with Crippen LogP contribution in [-0.2, 0) is 13.6 Å². The summed E-state index contributed by atoms with van der Waals surface area (Å²) in [6, 6.07) is 4.07. The number of imidazole rings is 1. The van der Waals surface area contributed by atoms with Gasteiger partial charge in [0.25, 0.3) is 0 Å². The Morgan fingerprint density at radius 2 is 2.47 bits per heavy atom. The van der Waals surface area contributed by atoms with E-state index in [2.05, 4.69) is 17.2 Å². The Bertz CT molecular complexity index is 405.